The van der Waals surface area contributed by atoms with Gasteiger partial charge in [0, 0.05) is 31.9 Å². The van der Waals surface area contributed by atoms with Gasteiger partial charge < -0.3 is 20.3 Å². The summed E-state index contributed by atoms with van der Waals surface area (Å²) in [5.41, 5.74) is 1.01. The highest BCUT2D eigenvalue weighted by Gasteiger charge is 2.36. The number of amides is 2. The van der Waals surface area contributed by atoms with Gasteiger partial charge in [0.25, 0.3) is 0 Å². The summed E-state index contributed by atoms with van der Waals surface area (Å²) in [5, 5.41) is 6.11. The molecule has 2 aliphatic rings. The van der Waals surface area contributed by atoms with E-state index in [-0.39, 0.29) is 17.7 Å². The number of rotatable bonds is 4. The molecule has 1 aliphatic heterocycles. The van der Waals surface area contributed by atoms with E-state index in [1.165, 1.54) is 7.11 Å². The Labute approximate surface area is 158 Å². The monoisotopic (exact) mass is 371 g/mol. The standard InChI is InChI=1S/C20H25N3O4/c1-27-20(26)14-6-8-15(9-7-14)22-18(24)16-4-2-3-5-17(16)19(25)23-12-10-21-11-13-23/h2-3,6-9,16-17,21H,4-5,10-13H2,1H3,(H,22,24). The molecule has 7 nitrogen and oxygen atoms in total. The molecule has 1 saturated heterocycles. The van der Waals surface area contributed by atoms with E-state index in [0.717, 1.165) is 13.1 Å². The van der Waals surface area contributed by atoms with Crippen molar-refractivity contribution in [1.29, 1.82) is 0 Å². The Hall–Kier alpha value is -2.67. The summed E-state index contributed by atoms with van der Waals surface area (Å²) in [4.78, 5) is 39.1. The number of nitrogens with one attached hydrogen (secondary N) is 2. The lowest BCUT2D eigenvalue weighted by Gasteiger charge is -2.34. The minimum Gasteiger partial charge on any atom is -0.465 e. The van der Waals surface area contributed by atoms with Crippen LogP contribution in [0.2, 0.25) is 0 Å². The van der Waals surface area contributed by atoms with Crippen LogP contribution in [0.25, 0.3) is 0 Å². The number of anilines is 1. The van der Waals surface area contributed by atoms with Crippen LogP contribution in [0.5, 0.6) is 0 Å². The number of piperazine rings is 1. The number of allylic oxidation sites excluding steroid dienone is 2. The summed E-state index contributed by atoms with van der Waals surface area (Å²) in [6.07, 6.45) is 5.09. The van der Waals surface area contributed by atoms with Crippen LogP contribution in [0.4, 0.5) is 5.69 Å². The lowest BCUT2D eigenvalue weighted by atomic mass is 9.81. The first-order valence-corrected chi connectivity index (χ1v) is 9.24. The van der Waals surface area contributed by atoms with Crippen molar-refractivity contribution in [3.63, 3.8) is 0 Å². The Morgan fingerprint density at radius 3 is 2.30 bits per heavy atom. The molecule has 1 heterocycles. The Morgan fingerprint density at radius 1 is 1.04 bits per heavy atom. The molecule has 3 rings (SSSR count). The minimum absolute atomic E-state index is 0.0574. The quantitative estimate of drug-likeness (QED) is 0.617. The molecule has 0 saturated carbocycles. The molecule has 2 amide bonds. The second-order valence-electron chi connectivity index (χ2n) is 6.79. The molecular formula is C20H25N3O4. The Bertz CT molecular complexity index is 723. The zero-order chi connectivity index (χ0) is 19.2. The SMILES string of the molecule is COC(=O)c1ccc(NC(=O)C2CC=CCC2C(=O)N2CCNCC2)cc1. The lowest BCUT2D eigenvalue weighted by molar-refractivity contribution is -0.141. The first-order chi connectivity index (χ1) is 13.1. The summed E-state index contributed by atoms with van der Waals surface area (Å²) < 4.78 is 4.67. The van der Waals surface area contributed by atoms with E-state index in [2.05, 4.69) is 15.4 Å². The summed E-state index contributed by atoms with van der Waals surface area (Å²) in [6, 6.07) is 6.53. The third kappa shape index (κ3) is 4.54. The van der Waals surface area contributed by atoms with E-state index >= 15 is 0 Å². The van der Waals surface area contributed by atoms with Crippen molar-refractivity contribution in [3.05, 3.63) is 42.0 Å². The molecule has 0 bridgehead atoms. The molecule has 0 radical (unpaired) electrons. The van der Waals surface area contributed by atoms with Crippen LogP contribution in [-0.2, 0) is 14.3 Å². The highest BCUT2D eigenvalue weighted by Crippen LogP contribution is 2.29. The summed E-state index contributed by atoms with van der Waals surface area (Å²) in [5.74, 6) is -1.26. The van der Waals surface area contributed by atoms with Gasteiger partial charge in [0.05, 0.1) is 24.5 Å². The molecule has 0 aromatic heterocycles. The highest BCUT2D eigenvalue weighted by molar-refractivity contribution is 5.97. The molecule has 27 heavy (non-hydrogen) atoms. The largest absolute Gasteiger partial charge is 0.465 e. The van der Waals surface area contributed by atoms with Gasteiger partial charge in [-0.1, -0.05) is 12.2 Å². The summed E-state index contributed by atoms with van der Waals surface area (Å²) in [6.45, 7) is 2.94. The van der Waals surface area contributed by atoms with Crippen molar-refractivity contribution in [1.82, 2.24) is 10.2 Å². The number of hydrogen-bond acceptors (Lipinski definition) is 5. The Balaban J connectivity index is 1.67. The van der Waals surface area contributed by atoms with Crippen LogP contribution >= 0.6 is 0 Å². The van der Waals surface area contributed by atoms with E-state index < -0.39 is 11.9 Å². The zero-order valence-corrected chi connectivity index (χ0v) is 15.4. The molecule has 1 aliphatic carbocycles. The van der Waals surface area contributed by atoms with Crippen LogP contribution in [0, 0.1) is 11.8 Å². The van der Waals surface area contributed by atoms with Crippen LogP contribution in [0.3, 0.4) is 0 Å². The molecule has 1 aromatic carbocycles. The predicted molar refractivity (Wildman–Crippen MR) is 101 cm³/mol. The van der Waals surface area contributed by atoms with Crippen molar-refractivity contribution in [2.24, 2.45) is 11.8 Å². The number of hydrogen-bond donors (Lipinski definition) is 2. The van der Waals surface area contributed by atoms with E-state index in [4.69, 9.17) is 0 Å². The maximum atomic E-state index is 12.9. The van der Waals surface area contributed by atoms with Crippen molar-refractivity contribution in [2.75, 3.05) is 38.6 Å². The fourth-order valence-electron chi connectivity index (χ4n) is 3.54. The molecule has 1 aromatic rings. The minimum atomic E-state index is -0.424. The first-order valence-electron chi connectivity index (χ1n) is 9.24. The third-order valence-corrected chi connectivity index (χ3v) is 5.09. The van der Waals surface area contributed by atoms with Gasteiger partial charge in [-0.05, 0) is 37.1 Å². The zero-order valence-electron chi connectivity index (χ0n) is 15.4. The molecule has 7 heteroatoms. The third-order valence-electron chi connectivity index (χ3n) is 5.09. The van der Waals surface area contributed by atoms with Gasteiger partial charge in [0.15, 0.2) is 0 Å². The number of carbonyl (C=O) groups excluding carboxylic acids is 3. The smallest absolute Gasteiger partial charge is 0.337 e. The number of benzene rings is 1. The van der Waals surface area contributed by atoms with Crippen LogP contribution < -0.4 is 10.6 Å². The van der Waals surface area contributed by atoms with Gasteiger partial charge in [-0.3, -0.25) is 9.59 Å². The van der Waals surface area contributed by atoms with E-state index in [9.17, 15) is 14.4 Å². The average Bonchev–Trinajstić information content (AvgIpc) is 2.73. The summed E-state index contributed by atoms with van der Waals surface area (Å²) in [7, 11) is 1.32. The maximum absolute atomic E-state index is 12.9. The number of carbonyl (C=O) groups is 3. The highest BCUT2D eigenvalue weighted by atomic mass is 16.5. The fraction of sp³-hybridized carbons (Fsp3) is 0.450. The van der Waals surface area contributed by atoms with Crippen molar-refractivity contribution < 1.29 is 19.1 Å². The van der Waals surface area contributed by atoms with Gasteiger partial charge in [0.1, 0.15) is 0 Å². The van der Waals surface area contributed by atoms with Crippen LogP contribution in [0.1, 0.15) is 23.2 Å². The first kappa shape index (κ1) is 19.1. The normalized spacial score (nSPS) is 22.2. The Morgan fingerprint density at radius 2 is 1.67 bits per heavy atom. The molecule has 1 fully saturated rings. The second kappa shape index (κ2) is 8.81. The number of methoxy groups -OCH3 is 1. The second-order valence-corrected chi connectivity index (χ2v) is 6.79. The van der Waals surface area contributed by atoms with Gasteiger partial charge in [-0.15, -0.1) is 0 Å². The summed E-state index contributed by atoms with van der Waals surface area (Å²) >= 11 is 0. The lowest BCUT2D eigenvalue weighted by Crippen LogP contribution is -2.50. The fourth-order valence-corrected chi connectivity index (χ4v) is 3.54. The van der Waals surface area contributed by atoms with Gasteiger partial charge >= 0.3 is 5.97 Å². The van der Waals surface area contributed by atoms with Gasteiger partial charge in [-0.2, -0.15) is 0 Å². The number of esters is 1. The maximum Gasteiger partial charge on any atom is 0.337 e. The van der Waals surface area contributed by atoms with E-state index in [1.54, 1.807) is 24.3 Å². The van der Waals surface area contributed by atoms with Crippen molar-refractivity contribution in [2.45, 2.75) is 12.8 Å². The number of nitrogens with zero attached hydrogens (tertiary/aromatic N) is 1. The number of ether oxygens (including phenoxy) is 1. The average molecular weight is 371 g/mol. The molecule has 2 N–H and O–H groups in total. The topological polar surface area (TPSA) is 87.7 Å². The van der Waals surface area contributed by atoms with E-state index in [0.29, 0.717) is 37.2 Å². The van der Waals surface area contributed by atoms with Crippen LogP contribution in [-0.4, -0.2) is 56.0 Å². The molecular weight excluding hydrogens is 346 g/mol. The van der Waals surface area contributed by atoms with Gasteiger partial charge in [0.2, 0.25) is 11.8 Å². The van der Waals surface area contributed by atoms with Crippen LogP contribution in [0.15, 0.2) is 36.4 Å². The van der Waals surface area contributed by atoms with Gasteiger partial charge in [-0.25, -0.2) is 4.79 Å². The Kier molecular flexibility index (Phi) is 6.24. The van der Waals surface area contributed by atoms with Crippen molar-refractivity contribution >= 4 is 23.5 Å². The van der Waals surface area contributed by atoms with Crippen molar-refractivity contribution in [3.8, 4) is 0 Å². The van der Waals surface area contributed by atoms with E-state index in [1.807, 2.05) is 17.1 Å². The molecule has 144 valence electrons. The molecule has 0 spiro atoms. The predicted octanol–water partition coefficient (Wildman–Crippen LogP) is 1.43. The molecule has 2 unspecified atom stereocenters. The molecule has 2 atom stereocenters.